The number of aldehydes is 1. The summed E-state index contributed by atoms with van der Waals surface area (Å²) in [5.74, 6) is 0. The highest BCUT2D eigenvalue weighted by atomic mass is 16.1. The van der Waals surface area contributed by atoms with Crippen LogP contribution in [0.4, 0.5) is 0 Å². The first-order valence-electron chi connectivity index (χ1n) is 5.24. The molecule has 0 bridgehead atoms. The summed E-state index contributed by atoms with van der Waals surface area (Å²) in [6.45, 7) is 3.98. The molecule has 4 nitrogen and oxygen atoms in total. The van der Waals surface area contributed by atoms with E-state index in [1.54, 1.807) is 0 Å². The van der Waals surface area contributed by atoms with Crippen molar-refractivity contribution in [1.29, 1.82) is 0 Å². The van der Waals surface area contributed by atoms with E-state index in [-0.39, 0.29) is 5.56 Å². The summed E-state index contributed by atoms with van der Waals surface area (Å²) in [7, 11) is 0. The molecule has 1 N–H and O–H groups in total. The molecule has 1 aromatic heterocycles. The number of aromatic amines is 1. The van der Waals surface area contributed by atoms with Crippen LogP contribution >= 0.6 is 0 Å². The predicted octanol–water partition coefficient (Wildman–Crippen LogP) is 1.87. The van der Waals surface area contributed by atoms with Crippen molar-refractivity contribution in [3.05, 3.63) is 51.3 Å². The highest BCUT2D eigenvalue weighted by Gasteiger charge is 2.07. The highest BCUT2D eigenvalue weighted by molar-refractivity contribution is 5.77. The van der Waals surface area contributed by atoms with E-state index in [0.29, 0.717) is 12.0 Å². The molecule has 86 valence electrons. The number of aromatic nitrogens is 2. The minimum Gasteiger partial charge on any atom is -0.298 e. The fourth-order valence-corrected chi connectivity index (χ4v) is 1.75. The number of carbonyl (C=O) groups is 1. The van der Waals surface area contributed by atoms with E-state index in [1.807, 2.05) is 32.0 Å². The molecular weight excluding hydrogens is 216 g/mol. The largest absolute Gasteiger partial charge is 0.298 e. The molecule has 0 spiro atoms. The van der Waals surface area contributed by atoms with Crippen molar-refractivity contribution in [2.45, 2.75) is 13.8 Å². The Bertz CT molecular complexity index is 630. The lowest BCUT2D eigenvalue weighted by Crippen LogP contribution is -2.13. The summed E-state index contributed by atoms with van der Waals surface area (Å²) in [4.78, 5) is 21.9. The van der Waals surface area contributed by atoms with E-state index >= 15 is 0 Å². The van der Waals surface area contributed by atoms with Crippen molar-refractivity contribution in [2.24, 2.45) is 0 Å². The van der Waals surface area contributed by atoms with Gasteiger partial charge >= 0.3 is 0 Å². The van der Waals surface area contributed by atoms with E-state index in [0.717, 1.165) is 16.7 Å². The van der Waals surface area contributed by atoms with Crippen LogP contribution in [0, 0.1) is 13.8 Å². The SMILES string of the molecule is Cc1ccc(-c2cc(C=O)c(=O)[nH]n2)c(C)c1. The number of nitrogens with one attached hydrogen (secondary N) is 1. The lowest BCUT2D eigenvalue weighted by atomic mass is 10.0. The second kappa shape index (κ2) is 4.33. The van der Waals surface area contributed by atoms with Gasteiger partial charge < -0.3 is 0 Å². The first kappa shape index (κ1) is 11.3. The Morgan fingerprint density at radius 1 is 1.24 bits per heavy atom. The van der Waals surface area contributed by atoms with Crippen LogP contribution in [-0.4, -0.2) is 16.5 Å². The Labute approximate surface area is 98.3 Å². The van der Waals surface area contributed by atoms with Gasteiger partial charge in [0, 0.05) is 5.56 Å². The molecule has 0 unspecified atom stereocenters. The first-order chi connectivity index (χ1) is 8.11. The molecule has 17 heavy (non-hydrogen) atoms. The first-order valence-corrected chi connectivity index (χ1v) is 5.24. The minimum atomic E-state index is -0.464. The molecule has 0 aliphatic rings. The van der Waals surface area contributed by atoms with Crippen LogP contribution < -0.4 is 5.56 Å². The molecule has 1 heterocycles. The minimum absolute atomic E-state index is 0.0926. The van der Waals surface area contributed by atoms with Gasteiger partial charge in [-0.3, -0.25) is 9.59 Å². The third kappa shape index (κ3) is 2.15. The number of rotatable bonds is 2. The molecule has 0 fully saturated rings. The molecule has 2 rings (SSSR count). The molecule has 2 aromatic rings. The topological polar surface area (TPSA) is 62.8 Å². The Morgan fingerprint density at radius 2 is 2.00 bits per heavy atom. The van der Waals surface area contributed by atoms with Crippen molar-refractivity contribution in [3.8, 4) is 11.3 Å². The molecule has 0 radical (unpaired) electrons. The number of aryl methyl sites for hydroxylation is 2. The van der Waals surface area contributed by atoms with Gasteiger partial charge in [-0.1, -0.05) is 23.8 Å². The fraction of sp³-hybridized carbons (Fsp3) is 0.154. The fourth-order valence-electron chi connectivity index (χ4n) is 1.75. The van der Waals surface area contributed by atoms with Crippen LogP contribution in [0.1, 0.15) is 21.5 Å². The van der Waals surface area contributed by atoms with E-state index in [4.69, 9.17) is 0 Å². The Morgan fingerprint density at radius 3 is 2.65 bits per heavy atom. The third-order valence-corrected chi connectivity index (χ3v) is 2.62. The van der Waals surface area contributed by atoms with Crippen LogP contribution in [-0.2, 0) is 0 Å². The summed E-state index contributed by atoms with van der Waals surface area (Å²) < 4.78 is 0. The summed E-state index contributed by atoms with van der Waals surface area (Å²) >= 11 is 0. The monoisotopic (exact) mass is 228 g/mol. The van der Waals surface area contributed by atoms with E-state index in [9.17, 15) is 9.59 Å². The zero-order valence-electron chi connectivity index (χ0n) is 9.65. The van der Waals surface area contributed by atoms with E-state index in [2.05, 4.69) is 10.2 Å². The van der Waals surface area contributed by atoms with E-state index < -0.39 is 5.56 Å². The Balaban J connectivity index is 2.60. The molecule has 1 aromatic carbocycles. The number of carbonyl (C=O) groups excluding carboxylic acids is 1. The summed E-state index contributed by atoms with van der Waals surface area (Å²) in [6.07, 6.45) is 0.535. The third-order valence-electron chi connectivity index (χ3n) is 2.62. The summed E-state index contributed by atoms with van der Waals surface area (Å²) in [5, 5.41) is 6.27. The second-order valence-corrected chi connectivity index (χ2v) is 3.97. The lowest BCUT2D eigenvalue weighted by molar-refractivity contribution is 0.112. The maximum Gasteiger partial charge on any atom is 0.274 e. The van der Waals surface area contributed by atoms with E-state index in [1.165, 1.54) is 6.07 Å². The van der Waals surface area contributed by atoms with Crippen molar-refractivity contribution >= 4 is 6.29 Å². The number of nitrogens with zero attached hydrogens (tertiary/aromatic N) is 1. The summed E-state index contributed by atoms with van der Waals surface area (Å²) in [5.41, 5.74) is 3.36. The molecule has 0 saturated carbocycles. The van der Waals surface area contributed by atoms with Gasteiger partial charge in [-0.05, 0) is 25.5 Å². The molecule has 0 aliphatic heterocycles. The number of hydrogen-bond acceptors (Lipinski definition) is 3. The molecule has 4 heteroatoms. The average molecular weight is 228 g/mol. The van der Waals surface area contributed by atoms with Crippen LogP contribution in [0.15, 0.2) is 29.1 Å². The normalized spacial score (nSPS) is 10.2. The maximum atomic E-state index is 11.2. The average Bonchev–Trinajstić information content (AvgIpc) is 2.30. The van der Waals surface area contributed by atoms with Crippen molar-refractivity contribution in [1.82, 2.24) is 10.2 Å². The molecule has 0 amide bonds. The van der Waals surface area contributed by atoms with Gasteiger partial charge in [0.1, 0.15) is 0 Å². The number of hydrogen-bond donors (Lipinski definition) is 1. The van der Waals surface area contributed by atoms with Gasteiger partial charge in [0.2, 0.25) is 0 Å². The van der Waals surface area contributed by atoms with Gasteiger partial charge in [0.15, 0.2) is 6.29 Å². The van der Waals surface area contributed by atoms with Gasteiger partial charge in [-0.2, -0.15) is 5.10 Å². The molecular formula is C13H12N2O2. The quantitative estimate of drug-likeness (QED) is 0.798. The molecule has 0 atom stereocenters. The molecule has 0 saturated heterocycles. The Hall–Kier alpha value is -2.23. The van der Waals surface area contributed by atoms with Crippen LogP contribution in [0.2, 0.25) is 0 Å². The predicted molar refractivity (Wildman–Crippen MR) is 65.2 cm³/mol. The smallest absolute Gasteiger partial charge is 0.274 e. The number of benzene rings is 1. The standard InChI is InChI=1S/C13H12N2O2/c1-8-3-4-11(9(2)5-8)12-6-10(7-16)13(17)15-14-12/h3-7H,1-2H3,(H,15,17). The van der Waals surface area contributed by atoms with Crippen LogP contribution in [0.3, 0.4) is 0 Å². The van der Waals surface area contributed by atoms with Gasteiger partial charge in [0.25, 0.3) is 5.56 Å². The Kier molecular flexibility index (Phi) is 2.87. The van der Waals surface area contributed by atoms with Crippen molar-refractivity contribution in [3.63, 3.8) is 0 Å². The molecule has 0 aliphatic carbocycles. The van der Waals surface area contributed by atoms with Gasteiger partial charge in [-0.15, -0.1) is 0 Å². The maximum absolute atomic E-state index is 11.2. The zero-order chi connectivity index (χ0) is 12.4. The van der Waals surface area contributed by atoms with Gasteiger partial charge in [-0.25, -0.2) is 5.10 Å². The lowest BCUT2D eigenvalue weighted by Gasteiger charge is -2.05. The van der Waals surface area contributed by atoms with Crippen molar-refractivity contribution in [2.75, 3.05) is 0 Å². The zero-order valence-corrected chi connectivity index (χ0v) is 9.65. The highest BCUT2D eigenvalue weighted by Crippen LogP contribution is 2.21. The van der Waals surface area contributed by atoms with Crippen molar-refractivity contribution < 1.29 is 4.79 Å². The summed E-state index contributed by atoms with van der Waals surface area (Å²) in [6, 6.07) is 7.43. The number of H-pyrrole nitrogens is 1. The van der Waals surface area contributed by atoms with Crippen LogP contribution in [0.25, 0.3) is 11.3 Å². The second-order valence-electron chi connectivity index (χ2n) is 3.97. The van der Waals surface area contributed by atoms with Gasteiger partial charge in [0.05, 0.1) is 11.3 Å². The van der Waals surface area contributed by atoms with Crippen LogP contribution in [0.5, 0.6) is 0 Å².